The Bertz CT molecular complexity index is 890. The summed E-state index contributed by atoms with van der Waals surface area (Å²) in [5, 5.41) is 3.57. The molecule has 170 valence electrons. The lowest BCUT2D eigenvalue weighted by atomic mass is 9.49. The normalized spacial score (nSPS) is 27.9. The van der Waals surface area contributed by atoms with Gasteiger partial charge in [0, 0.05) is 18.7 Å². The third kappa shape index (κ3) is 4.23. The molecule has 4 bridgehead atoms. The van der Waals surface area contributed by atoms with E-state index in [2.05, 4.69) is 5.32 Å². The van der Waals surface area contributed by atoms with Crippen LogP contribution in [0, 0.1) is 23.2 Å². The van der Waals surface area contributed by atoms with Gasteiger partial charge in [-0.3, -0.25) is 9.69 Å². The average Bonchev–Trinajstić information content (AvgIpc) is 2.78. The quantitative estimate of drug-likeness (QED) is 0.622. The van der Waals surface area contributed by atoms with Gasteiger partial charge >= 0.3 is 0 Å². The SMILES string of the molecule is COc1cccc(N(C(=O)CNCC23CC4CC(CC(C4)C2)C3)c2cccc(OC)c2)c1. The molecule has 32 heavy (non-hydrogen) atoms. The van der Waals surface area contributed by atoms with E-state index in [0.29, 0.717) is 12.0 Å². The number of nitrogens with one attached hydrogen (secondary N) is 1. The highest BCUT2D eigenvalue weighted by Crippen LogP contribution is 2.59. The van der Waals surface area contributed by atoms with Crippen molar-refractivity contribution in [1.29, 1.82) is 0 Å². The van der Waals surface area contributed by atoms with Crippen molar-refractivity contribution in [2.75, 3.05) is 32.2 Å². The number of amides is 1. The molecular weight excluding hydrogens is 400 g/mol. The van der Waals surface area contributed by atoms with Gasteiger partial charge in [-0.05, 0) is 86.0 Å². The standard InChI is InChI=1S/C27H34N2O3/c1-31-24-7-3-5-22(12-24)29(23-6-4-8-25(13-23)32-2)26(30)17-28-18-27-14-19-9-20(15-27)11-21(10-19)16-27/h3-8,12-13,19-21,28H,9-11,14-18H2,1-2H3. The van der Waals surface area contributed by atoms with E-state index in [9.17, 15) is 4.79 Å². The van der Waals surface area contributed by atoms with Crippen LogP contribution in [0.15, 0.2) is 48.5 Å². The molecule has 0 aliphatic heterocycles. The molecule has 4 aliphatic rings. The number of ether oxygens (including phenoxy) is 2. The number of carbonyl (C=O) groups is 1. The lowest BCUT2D eigenvalue weighted by Crippen LogP contribution is -2.51. The molecule has 2 aromatic carbocycles. The van der Waals surface area contributed by atoms with Gasteiger partial charge in [0.1, 0.15) is 11.5 Å². The van der Waals surface area contributed by atoms with Crippen LogP contribution in [0.4, 0.5) is 11.4 Å². The van der Waals surface area contributed by atoms with Crippen LogP contribution in [-0.2, 0) is 4.79 Å². The number of methoxy groups -OCH3 is 2. The van der Waals surface area contributed by atoms with E-state index in [1.165, 1.54) is 38.5 Å². The molecule has 1 amide bonds. The van der Waals surface area contributed by atoms with Crippen LogP contribution in [-0.4, -0.2) is 33.2 Å². The lowest BCUT2D eigenvalue weighted by molar-refractivity contribution is -0.117. The minimum atomic E-state index is 0.0243. The number of carbonyl (C=O) groups excluding carboxylic acids is 1. The number of anilines is 2. The average molecular weight is 435 g/mol. The predicted octanol–water partition coefficient (Wildman–Crippen LogP) is 5.17. The first kappa shape index (κ1) is 21.3. The van der Waals surface area contributed by atoms with E-state index < -0.39 is 0 Å². The molecule has 2 aromatic rings. The number of hydrogen-bond donors (Lipinski definition) is 1. The Hall–Kier alpha value is -2.53. The van der Waals surface area contributed by atoms with Gasteiger partial charge in [0.2, 0.25) is 5.91 Å². The fourth-order valence-corrected chi connectivity index (χ4v) is 6.96. The van der Waals surface area contributed by atoms with E-state index in [1.54, 1.807) is 19.1 Å². The fourth-order valence-electron chi connectivity index (χ4n) is 6.96. The third-order valence-corrected chi connectivity index (χ3v) is 7.81. The molecule has 0 radical (unpaired) electrons. The zero-order valence-corrected chi connectivity index (χ0v) is 19.2. The molecule has 0 aromatic heterocycles. The molecule has 4 aliphatic carbocycles. The molecular formula is C27H34N2O3. The van der Waals surface area contributed by atoms with Crippen molar-refractivity contribution in [1.82, 2.24) is 5.32 Å². The smallest absolute Gasteiger partial charge is 0.245 e. The first-order valence-electron chi connectivity index (χ1n) is 11.9. The maximum Gasteiger partial charge on any atom is 0.245 e. The summed E-state index contributed by atoms with van der Waals surface area (Å²) in [6.07, 6.45) is 8.36. The van der Waals surface area contributed by atoms with Crippen molar-refractivity contribution < 1.29 is 14.3 Å². The minimum absolute atomic E-state index is 0.0243. The first-order chi connectivity index (χ1) is 15.6. The van der Waals surface area contributed by atoms with Gasteiger partial charge in [-0.2, -0.15) is 0 Å². The Balaban J connectivity index is 1.32. The van der Waals surface area contributed by atoms with E-state index in [-0.39, 0.29) is 5.91 Å². The molecule has 0 atom stereocenters. The van der Waals surface area contributed by atoms with Gasteiger partial charge < -0.3 is 14.8 Å². The Kier molecular flexibility index (Phi) is 5.85. The predicted molar refractivity (Wildman–Crippen MR) is 127 cm³/mol. The Morgan fingerprint density at radius 3 is 1.88 bits per heavy atom. The molecule has 6 rings (SSSR count). The van der Waals surface area contributed by atoms with E-state index >= 15 is 0 Å². The summed E-state index contributed by atoms with van der Waals surface area (Å²) >= 11 is 0. The summed E-state index contributed by atoms with van der Waals surface area (Å²) in [7, 11) is 3.29. The first-order valence-corrected chi connectivity index (χ1v) is 11.9. The minimum Gasteiger partial charge on any atom is -0.497 e. The van der Waals surface area contributed by atoms with Crippen molar-refractivity contribution in [3.8, 4) is 11.5 Å². The van der Waals surface area contributed by atoms with Gasteiger partial charge in [0.25, 0.3) is 0 Å². The summed E-state index contributed by atoms with van der Waals surface area (Å²) in [6.45, 7) is 1.27. The molecule has 5 heteroatoms. The summed E-state index contributed by atoms with van der Waals surface area (Å²) in [6, 6.07) is 15.3. The Morgan fingerprint density at radius 1 is 0.906 bits per heavy atom. The molecule has 0 spiro atoms. The largest absolute Gasteiger partial charge is 0.497 e. The number of benzene rings is 2. The summed E-state index contributed by atoms with van der Waals surface area (Å²) in [5.41, 5.74) is 1.99. The lowest BCUT2D eigenvalue weighted by Gasteiger charge is -2.57. The molecule has 0 unspecified atom stereocenters. The number of rotatable bonds is 8. The molecule has 0 saturated heterocycles. The van der Waals surface area contributed by atoms with Gasteiger partial charge in [0.15, 0.2) is 0 Å². The summed E-state index contributed by atoms with van der Waals surface area (Å²) < 4.78 is 10.8. The molecule has 1 N–H and O–H groups in total. The Morgan fingerprint density at radius 2 is 1.41 bits per heavy atom. The number of hydrogen-bond acceptors (Lipinski definition) is 4. The van der Waals surface area contributed by atoms with Crippen LogP contribution in [0.2, 0.25) is 0 Å². The zero-order chi connectivity index (χ0) is 22.1. The number of nitrogens with zero attached hydrogens (tertiary/aromatic N) is 1. The highest BCUT2D eigenvalue weighted by Gasteiger charge is 2.50. The second-order valence-corrected chi connectivity index (χ2v) is 10.2. The second kappa shape index (κ2) is 8.78. The zero-order valence-electron chi connectivity index (χ0n) is 19.2. The maximum absolute atomic E-state index is 13.5. The fraction of sp³-hybridized carbons (Fsp3) is 0.519. The van der Waals surface area contributed by atoms with Crippen LogP contribution in [0.1, 0.15) is 38.5 Å². The van der Waals surface area contributed by atoms with Crippen molar-refractivity contribution >= 4 is 17.3 Å². The maximum atomic E-state index is 13.5. The highest BCUT2D eigenvalue weighted by molar-refractivity contribution is 6.02. The Labute approximate surface area is 191 Å². The van der Waals surface area contributed by atoms with Gasteiger partial charge in [0.05, 0.1) is 32.1 Å². The molecule has 0 heterocycles. The van der Waals surface area contributed by atoms with Crippen molar-refractivity contribution in [2.24, 2.45) is 23.2 Å². The van der Waals surface area contributed by atoms with Gasteiger partial charge in [-0.1, -0.05) is 12.1 Å². The second-order valence-electron chi connectivity index (χ2n) is 10.2. The van der Waals surface area contributed by atoms with Crippen LogP contribution >= 0.6 is 0 Å². The van der Waals surface area contributed by atoms with Crippen molar-refractivity contribution in [3.63, 3.8) is 0 Å². The third-order valence-electron chi connectivity index (χ3n) is 7.81. The van der Waals surface area contributed by atoms with Crippen LogP contribution in [0.25, 0.3) is 0 Å². The van der Waals surface area contributed by atoms with Crippen LogP contribution in [0.3, 0.4) is 0 Å². The van der Waals surface area contributed by atoms with E-state index in [1.807, 2.05) is 48.5 Å². The van der Waals surface area contributed by atoms with Crippen molar-refractivity contribution in [3.05, 3.63) is 48.5 Å². The molecule has 4 saturated carbocycles. The van der Waals surface area contributed by atoms with Crippen LogP contribution in [0.5, 0.6) is 11.5 Å². The summed E-state index contributed by atoms with van der Waals surface area (Å²) in [5.74, 6) is 4.24. The van der Waals surface area contributed by atoms with Gasteiger partial charge in [-0.25, -0.2) is 0 Å². The molecule has 4 fully saturated rings. The monoisotopic (exact) mass is 434 g/mol. The highest BCUT2D eigenvalue weighted by atomic mass is 16.5. The van der Waals surface area contributed by atoms with Crippen molar-refractivity contribution in [2.45, 2.75) is 38.5 Å². The molecule has 5 nitrogen and oxygen atoms in total. The van der Waals surface area contributed by atoms with E-state index in [4.69, 9.17) is 9.47 Å². The van der Waals surface area contributed by atoms with Crippen LogP contribution < -0.4 is 19.7 Å². The summed E-state index contributed by atoms with van der Waals surface area (Å²) in [4.78, 5) is 15.3. The van der Waals surface area contributed by atoms with Gasteiger partial charge in [-0.15, -0.1) is 0 Å². The van der Waals surface area contributed by atoms with E-state index in [0.717, 1.165) is 47.2 Å². The topological polar surface area (TPSA) is 50.8 Å².